The monoisotopic (exact) mass is 326 g/mol. The predicted octanol–water partition coefficient (Wildman–Crippen LogP) is 2.67. The maximum Gasteiger partial charge on any atom is 0.248 e. The molecule has 1 fully saturated rings. The van der Waals surface area contributed by atoms with Crippen molar-refractivity contribution < 1.29 is 14.3 Å². The van der Waals surface area contributed by atoms with Crippen LogP contribution in [0.2, 0.25) is 0 Å². The number of nitrogens with zero attached hydrogens (tertiary/aromatic N) is 2. The van der Waals surface area contributed by atoms with Gasteiger partial charge in [0.15, 0.2) is 0 Å². The Morgan fingerprint density at radius 3 is 2.50 bits per heavy atom. The largest absolute Gasteiger partial charge is 0.490 e. The van der Waals surface area contributed by atoms with Crippen molar-refractivity contribution in [2.45, 2.75) is 25.6 Å². The molecule has 1 aromatic carbocycles. The van der Waals surface area contributed by atoms with Crippen molar-refractivity contribution in [3.63, 3.8) is 0 Å². The molecule has 0 bridgehead atoms. The molecule has 3 rings (SSSR count). The summed E-state index contributed by atoms with van der Waals surface area (Å²) in [4.78, 5) is 18.0. The van der Waals surface area contributed by atoms with Crippen LogP contribution in [-0.2, 0) is 16.1 Å². The SMILES string of the molecule is O=C(COCc1ccccc1)N1CCC(Oc2ccncc2)CC1. The lowest BCUT2D eigenvalue weighted by Gasteiger charge is -2.32. The fourth-order valence-corrected chi connectivity index (χ4v) is 2.75. The van der Waals surface area contributed by atoms with Gasteiger partial charge in [0.1, 0.15) is 18.5 Å². The van der Waals surface area contributed by atoms with E-state index >= 15 is 0 Å². The molecule has 0 radical (unpaired) electrons. The van der Waals surface area contributed by atoms with E-state index in [1.165, 1.54) is 0 Å². The van der Waals surface area contributed by atoms with E-state index in [2.05, 4.69) is 4.98 Å². The molecule has 24 heavy (non-hydrogen) atoms. The van der Waals surface area contributed by atoms with Gasteiger partial charge in [-0.1, -0.05) is 30.3 Å². The maximum atomic E-state index is 12.2. The molecule has 0 spiro atoms. The van der Waals surface area contributed by atoms with Gasteiger partial charge in [0.05, 0.1) is 6.61 Å². The molecule has 2 heterocycles. The fourth-order valence-electron chi connectivity index (χ4n) is 2.75. The van der Waals surface area contributed by atoms with Crippen LogP contribution in [0, 0.1) is 0 Å². The zero-order chi connectivity index (χ0) is 16.6. The molecule has 126 valence electrons. The second-order valence-corrected chi connectivity index (χ2v) is 5.86. The fraction of sp³-hybridized carbons (Fsp3) is 0.368. The van der Waals surface area contributed by atoms with Gasteiger partial charge in [-0.3, -0.25) is 9.78 Å². The average Bonchev–Trinajstić information content (AvgIpc) is 2.64. The summed E-state index contributed by atoms with van der Waals surface area (Å²) in [5, 5.41) is 0. The number of pyridine rings is 1. The van der Waals surface area contributed by atoms with E-state index in [1.807, 2.05) is 47.4 Å². The Labute approximate surface area is 142 Å². The van der Waals surface area contributed by atoms with Gasteiger partial charge in [0, 0.05) is 38.3 Å². The first-order chi connectivity index (χ1) is 11.8. The molecule has 0 aliphatic carbocycles. The van der Waals surface area contributed by atoms with Gasteiger partial charge in [-0.25, -0.2) is 0 Å². The lowest BCUT2D eigenvalue weighted by Crippen LogP contribution is -2.43. The van der Waals surface area contributed by atoms with Crippen LogP contribution in [0.15, 0.2) is 54.9 Å². The number of ether oxygens (including phenoxy) is 2. The van der Waals surface area contributed by atoms with Crippen LogP contribution in [0.5, 0.6) is 5.75 Å². The number of likely N-dealkylation sites (tertiary alicyclic amines) is 1. The normalized spacial score (nSPS) is 15.2. The van der Waals surface area contributed by atoms with Crippen molar-refractivity contribution in [1.82, 2.24) is 9.88 Å². The Morgan fingerprint density at radius 2 is 1.79 bits per heavy atom. The summed E-state index contributed by atoms with van der Waals surface area (Å²) in [7, 11) is 0. The third-order valence-electron chi connectivity index (χ3n) is 4.08. The first-order valence-corrected chi connectivity index (χ1v) is 8.27. The molecule has 0 unspecified atom stereocenters. The van der Waals surface area contributed by atoms with E-state index in [4.69, 9.17) is 9.47 Å². The minimum absolute atomic E-state index is 0.0493. The third-order valence-corrected chi connectivity index (χ3v) is 4.08. The minimum Gasteiger partial charge on any atom is -0.490 e. The highest BCUT2D eigenvalue weighted by Gasteiger charge is 2.23. The van der Waals surface area contributed by atoms with Crippen molar-refractivity contribution >= 4 is 5.91 Å². The number of piperidine rings is 1. The number of carbonyl (C=O) groups is 1. The molecule has 1 aliphatic rings. The number of benzene rings is 1. The van der Waals surface area contributed by atoms with Crippen molar-refractivity contribution in [1.29, 1.82) is 0 Å². The first-order valence-electron chi connectivity index (χ1n) is 8.27. The lowest BCUT2D eigenvalue weighted by molar-refractivity contribution is -0.138. The van der Waals surface area contributed by atoms with Gasteiger partial charge in [-0.15, -0.1) is 0 Å². The average molecular weight is 326 g/mol. The molecule has 5 nitrogen and oxygen atoms in total. The summed E-state index contributed by atoms with van der Waals surface area (Å²) < 4.78 is 11.4. The molecule has 2 aromatic rings. The quantitative estimate of drug-likeness (QED) is 0.819. The summed E-state index contributed by atoms with van der Waals surface area (Å²) in [5.74, 6) is 0.884. The number of hydrogen-bond acceptors (Lipinski definition) is 4. The first kappa shape index (κ1) is 16.5. The number of rotatable bonds is 6. The molecule has 5 heteroatoms. The Morgan fingerprint density at radius 1 is 1.08 bits per heavy atom. The van der Waals surface area contributed by atoms with Crippen LogP contribution >= 0.6 is 0 Å². The second-order valence-electron chi connectivity index (χ2n) is 5.86. The van der Waals surface area contributed by atoms with E-state index in [-0.39, 0.29) is 18.6 Å². The molecule has 0 saturated carbocycles. The van der Waals surface area contributed by atoms with Crippen LogP contribution in [0.3, 0.4) is 0 Å². The Balaban J connectivity index is 1.37. The Hall–Kier alpha value is -2.40. The molecule has 1 aliphatic heterocycles. The summed E-state index contributed by atoms with van der Waals surface area (Å²) in [5.41, 5.74) is 1.08. The summed E-state index contributed by atoms with van der Waals surface area (Å²) in [6, 6.07) is 13.6. The maximum absolute atomic E-state index is 12.2. The summed E-state index contributed by atoms with van der Waals surface area (Å²) in [6.45, 7) is 2.02. The highest BCUT2D eigenvalue weighted by Crippen LogP contribution is 2.18. The van der Waals surface area contributed by atoms with Gasteiger partial charge in [0.25, 0.3) is 0 Å². The van der Waals surface area contributed by atoms with Crippen molar-refractivity contribution in [3.8, 4) is 5.75 Å². The highest BCUT2D eigenvalue weighted by molar-refractivity contribution is 5.77. The predicted molar refractivity (Wildman–Crippen MR) is 90.6 cm³/mol. The minimum atomic E-state index is 0.0493. The van der Waals surface area contributed by atoms with Crippen LogP contribution in [0.4, 0.5) is 0 Å². The van der Waals surface area contributed by atoms with Gasteiger partial charge >= 0.3 is 0 Å². The topological polar surface area (TPSA) is 51.7 Å². The zero-order valence-electron chi connectivity index (χ0n) is 13.6. The van der Waals surface area contributed by atoms with Gasteiger partial charge < -0.3 is 14.4 Å². The number of aromatic nitrogens is 1. The summed E-state index contributed by atoms with van der Waals surface area (Å²) >= 11 is 0. The molecule has 0 N–H and O–H groups in total. The molecule has 1 aromatic heterocycles. The molecule has 0 atom stereocenters. The Bertz CT molecular complexity index is 626. The van der Waals surface area contributed by atoms with Crippen molar-refractivity contribution in [3.05, 3.63) is 60.4 Å². The lowest BCUT2D eigenvalue weighted by atomic mass is 10.1. The Kier molecular flexibility index (Phi) is 5.80. The number of hydrogen-bond donors (Lipinski definition) is 0. The van der Waals surface area contributed by atoms with Crippen LogP contribution in [0.1, 0.15) is 18.4 Å². The van der Waals surface area contributed by atoms with Crippen molar-refractivity contribution in [2.24, 2.45) is 0 Å². The second kappa shape index (κ2) is 8.45. The van der Waals surface area contributed by atoms with Crippen LogP contribution < -0.4 is 4.74 Å². The van der Waals surface area contributed by atoms with E-state index in [0.717, 1.165) is 24.2 Å². The van der Waals surface area contributed by atoms with E-state index in [9.17, 15) is 4.79 Å². The van der Waals surface area contributed by atoms with E-state index < -0.39 is 0 Å². The zero-order valence-corrected chi connectivity index (χ0v) is 13.6. The summed E-state index contributed by atoms with van der Waals surface area (Å²) in [6.07, 6.45) is 5.28. The molecular weight excluding hydrogens is 304 g/mol. The molecule has 1 saturated heterocycles. The molecular formula is C19H22N2O3. The highest BCUT2D eigenvalue weighted by atomic mass is 16.5. The molecule has 1 amide bonds. The standard InChI is InChI=1S/C19H22N2O3/c22-19(15-23-14-16-4-2-1-3-5-16)21-12-8-18(9-13-21)24-17-6-10-20-11-7-17/h1-7,10-11,18H,8-9,12-15H2. The van der Waals surface area contributed by atoms with Crippen molar-refractivity contribution in [2.75, 3.05) is 19.7 Å². The number of amides is 1. The van der Waals surface area contributed by atoms with E-state index in [0.29, 0.717) is 19.7 Å². The third kappa shape index (κ3) is 4.80. The van der Waals surface area contributed by atoms with Crippen LogP contribution in [0.25, 0.3) is 0 Å². The number of carbonyl (C=O) groups excluding carboxylic acids is 1. The van der Waals surface area contributed by atoms with Gasteiger partial charge in [-0.05, 0) is 17.7 Å². The van der Waals surface area contributed by atoms with Crippen LogP contribution in [-0.4, -0.2) is 41.6 Å². The smallest absolute Gasteiger partial charge is 0.248 e. The van der Waals surface area contributed by atoms with E-state index in [1.54, 1.807) is 12.4 Å². The van der Waals surface area contributed by atoms with Gasteiger partial charge in [-0.2, -0.15) is 0 Å². The van der Waals surface area contributed by atoms with Gasteiger partial charge in [0.2, 0.25) is 5.91 Å².